The van der Waals surface area contributed by atoms with Gasteiger partial charge in [-0.05, 0) is 18.2 Å². The standard InChI is InChI=1S/C10H7F3O/c1-2-9(14)7-4-3-5-8(6-7)10(11,12)13/h2-6H,1H2. The minimum absolute atomic E-state index is 0.00479. The first-order valence-corrected chi connectivity index (χ1v) is 3.79. The van der Waals surface area contributed by atoms with E-state index in [1.165, 1.54) is 12.1 Å². The maximum absolute atomic E-state index is 12.2. The molecule has 0 saturated carbocycles. The molecule has 0 atom stereocenters. The molecule has 1 aromatic carbocycles. The van der Waals surface area contributed by atoms with Gasteiger partial charge in [-0.1, -0.05) is 18.7 Å². The Bertz CT molecular complexity index is 366. The first kappa shape index (κ1) is 10.5. The van der Waals surface area contributed by atoms with Gasteiger partial charge in [0, 0.05) is 5.56 Å². The molecule has 0 aliphatic heterocycles. The molecule has 0 bridgehead atoms. The third-order valence-corrected chi connectivity index (χ3v) is 1.66. The van der Waals surface area contributed by atoms with Crippen molar-refractivity contribution in [2.45, 2.75) is 6.18 Å². The summed E-state index contributed by atoms with van der Waals surface area (Å²) in [5.74, 6) is -0.518. The highest BCUT2D eigenvalue weighted by Crippen LogP contribution is 2.29. The molecule has 0 heterocycles. The van der Waals surface area contributed by atoms with E-state index in [0.29, 0.717) is 0 Å². The monoisotopic (exact) mass is 200 g/mol. The number of carbonyl (C=O) groups is 1. The van der Waals surface area contributed by atoms with Crippen molar-refractivity contribution in [3.05, 3.63) is 48.0 Å². The summed E-state index contributed by atoms with van der Waals surface area (Å²) in [6.45, 7) is 3.20. The van der Waals surface area contributed by atoms with Crippen LogP contribution in [0.15, 0.2) is 36.9 Å². The Morgan fingerprint density at radius 3 is 2.50 bits per heavy atom. The predicted octanol–water partition coefficient (Wildman–Crippen LogP) is 3.07. The highest BCUT2D eigenvalue weighted by molar-refractivity contribution is 6.04. The van der Waals surface area contributed by atoms with Crippen molar-refractivity contribution in [3.8, 4) is 0 Å². The number of benzene rings is 1. The second-order valence-electron chi connectivity index (χ2n) is 2.65. The molecule has 0 unspecified atom stereocenters. The van der Waals surface area contributed by atoms with Crippen LogP contribution in [-0.2, 0) is 6.18 Å². The zero-order valence-electron chi connectivity index (χ0n) is 7.14. The van der Waals surface area contributed by atoms with Crippen LogP contribution in [0.5, 0.6) is 0 Å². The number of allylic oxidation sites excluding steroid dienone is 1. The quantitative estimate of drug-likeness (QED) is 0.529. The van der Waals surface area contributed by atoms with Crippen LogP contribution in [0, 0.1) is 0 Å². The van der Waals surface area contributed by atoms with E-state index in [9.17, 15) is 18.0 Å². The van der Waals surface area contributed by atoms with Gasteiger partial charge < -0.3 is 0 Å². The fraction of sp³-hybridized carbons (Fsp3) is 0.100. The number of hydrogen-bond acceptors (Lipinski definition) is 1. The highest BCUT2D eigenvalue weighted by atomic mass is 19.4. The van der Waals surface area contributed by atoms with Crippen LogP contribution in [0.4, 0.5) is 13.2 Å². The smallest absolute Gasteiger partial charge is 0.289 e. The van der Waals surface area contributed by atoms with Crippen LogP contribution in [0.1, 0.15) is 15.9 Å². The molecule has 1 rings (SSSR count). The Hall–Kier alpha value is -1.58. The Morgan fingerprint density at radius 2 is 2.00 bits per heavy atom. The van der Waals surface area contributed by atoms with Crippen LogP contribution >= 0.6 is 0 Å². The van der Waals surface area contributed by atoms with Crippen molar-refractivity contribution < 1.29 is 18.0 Å². The summed E-state index contributed by atoms with van der Waals surface area (Å²) < 4.78 is 36.6. The summed E-state index contributed by atoms with van der Waals surface area (Å²) in [6.07, 6.45) is -3.44. The zero-order valence-corrected chi connectivity index (χ0v) is 7.14. The molecule has 0 aliphatic rings. The van der Waals surface area contributed by atoms with E-state index < -0.39 is 17.5 Å². The lowest BCUT2D eigenvalue weighted by Gasteiger charge is -2.06. The van der Waals surface area contributed by atoms with Gasteiger partial charge in [-0.15, -0.1) is 0 Å². The van der Waals surface area contributed by atoms with Crippen molar-refractivity contribution in [2.24, 2.45) is 0 Å². The highest BCUT2D eigenvalue weighted by Gasteiger charge is 2.30. The van der Waals surface area contributed by atoms with Crippen molar-refractivity contribution in [2.75, 3.05) is 0 Å². The first-order chi connectivity index (χ1) is 6.45. The summed E-state index contributed by atoms with van der Waals surface area (Å²) in [4.78, 5) is 11.0. The normalized spacial score (nSPS) is 11.1. The maximum atomic E-state index is 12.2. The minimum Gasteiger partial charge on any atom is -0.289 e. The van der Waals surface area contributed by atoms with Crippen LogP contribution in [0.3, 0.4) is 0 Å². The Labute approximate surface area is 78.9 Å². The van der Waals surface area contributed by atoms with Crippen LogP contribution in [0.2, 0.25) is 0 Å². The van der Waals surface area contributed by atoms with E-state index in [1.54, 1.807) is 0 Å². The van der Waals surface area contributed by atoms with Gasteiger partial charge >= 0.3 is 6.18 Å². The van der Waals surface area contributed by atoms with E-state index in [0.717, 1.165) is 18.2 Å². The number of halogens is 3. The average molecular weight is 200 g/mol. The molecule has 0 spiro atoms. The van der Waals surface area contributed by atoms with E-state index in [-0.39, 0.29) is 5.56 Å². The molecule has 0 aliphatic carbocycles. The lowest BCUT2D eigenvalue weighted by Crippen LogP contribution is -2.06. The molecule has 0 aromatic heterocycles. The van der Waals surface area contributed by atoms with Gasteiger partial charge in [0.15, 0.2) is 5.78 Å². The van der Waals surface area contributed by atoms with Crippen LogP contribution in [0.25, 0.3) is 0 Å². The van der Waals surface area contributed by atoms with Crippen molar-refractivity contribution in [1.29, 1.82) is 0 Å². The number of alkyl halides is 3. The molecule has 0 saturated heterocycles. The number of rotatable bonds is 2. The van der Waals surface area contributed by atoms with Crippen LogP contribution < -0.4 is 0 Å². The van der Waals surface area contributed by atoms with E-state index in [2.05, 4.69) is 6.58 Å². The molecule has 0 amide bonds. The molecule has 14 heavy (non-hydrogen) atoms. The van der Waals surface area contributed by atoms with Gasteiger partial charge in [0.05, 0.1) is 5.56 Å². The second-order valence-corrected chi connectivity index (χ2v) is 2.65. The minimum atomic E-state index is -4.42. The summed E-state index contributed by atoms with van der Waals surface area (Å²) in [5, 5.41) is 0. The molecule has 0 N–H and O–H groups in total. The van der Waals surface area contributed by atoms with Gasteiger partial charge in [0.25, 0.3) is 0 Å². The number of ketones is 1. The van der Waals surface area contributed by atoms with E-state index in [1.807, 2.05) is 0 Å². The maximum Gasteiger partial charge on any atom is 0.416 e. The molecule has 1 nitrogen and oxygen atoms in total. The Kier molecular flexibility index (Phi) is 2.74. The summed E-state index contributed by atoms with van der Waals surface area (Å²) in [6, 6.07) is 4.24. The van der Waals surface area contributed by atoms with Gasteiger partial charge in [-0.3, -0.25) is 4.79 Å². The lowest BCUT2D eigenvalue weighted by atomic mass is 10.1. The number of carbonyl (C=O) groups excluding carboxylic acids is 1. The van der Waals surface area contributed by atoms with Crippen molar-refractivity contribution in [1.82, 2.24) is 0 Å². The Balaban J connectivity index is 3.14. The van der Waals surface area contributed by atoms with Crippen molar-refractivity contribution >= 4 is 5.78 Å². The lowest BCUT2D eigenvalue weighted by molar-refractivity contribution is -0.137. The summed E-state index contributed by atoms with van der Waals surface area (Å²) in [7, 11) is 0. The SMILES string of the molecule is C=CC(=O)c1cccc(C(F)(F)F)c1. The van der Waals surface area contributed by atoms with E-state index >= 15 is 0 Å². The third kappa shape index (κ3) is 2.22. The first-order valence-electron chi connectivity index (χ1n) is 3.79. The van der Waals surface area contributed by atoms with Gasteiger partial charge in [-0.2, -0.15) is 13.2 Å². The number of hydrogen-bond donors (Lipinski definition) is 0. The van der Waals surface area contributed by atoms with Gasteiger partial charge in [-0.25, -0.2) is 0 Å². The van der Waals surface area contributed by atoms with Crippen LogP contribution in [-0.4, -0.2) is 5.78 Å². The fourth-order valence-electron chi connectivity index (χ4n) is 0.967. The van der Waals surface area contributed by atoms with Gasteiger partial charge in [0.1, 0.15) is 0 Å². The summed E-state index contributed by atoms with van der Waals surface area (Å²) >= 11 is 0. The van der Waals surface area contributed by atoms with E-state index in [4.69, 9.17) is 0 Å². The molecular formula is C10H7F3O. The molecule has 0 fully saturated rings. The third-order valence-electron chi connectivity index (χ3n) is 1.66. The largest absolute Gasteiger partial charge is 0.416 e. The topological polar surface area (TPSA) is 17.1 Å². The zero-order chi connectivity index (χ0) is 10.8. The average Bonchev–Trinajstić information content (AvgIpc) is 2.15. The predicted molar refractivity (Wildman–Crippen MR) is 46.0 cm³/mol. The van der Waals surface area contributed by atoms with Crippen molar-refractivity contribution in [3.63, 3.8) is 0 Å². The molecule has 4 heteroatoms. The molecule has 1 aromatic rings. The summed E-state index contributed by atoms with van der Waals surface area (Å²) in [5.41, 5.74) is -0.833. The molecule has 74 valence electrons. The molecular weight excluding hydrogens is 193 g/mol. The Morgan fingerprint density at radius 1 is 1.36 bits per heavy atom. The van der Waals surface area contributed by atoms with Gasteiger partial charge in [0.2, 0.25) is 0 Å². The fourth-order valence-corrected chi connectivity index (χ4v) is 0.967. The molecule has 0 radical (unpaired) electrons. The second kappa shape index (κ2) is 3.65.